The smallest absolute Gasteiger partial charge is 0.341 e. The van der Waals surface area contributed by atoms with Gasteiger partial charge in [0, 0.05) is 34.0 Å². The van der Waals surface area contributed by atoms with E-state index in [1.807, 2.05) is 6.07 Å². The van der Waals surface area contributed by atoms with Crippen LogP contribution in [0.25, 0.3) is 10.9 Å². The van der Waals surface area contributed by atoms with Crippen LogP contribution in [0.5, 0.6) is 5.75 Å². The first-order valence-electron chi connectivity index (χ1n) is 11.6. The predicted molar refractivity (Wildman–Crippen MR) is 138 cm³/mol. The average Bonchev–Trinajstić information content (AvgIpc) is 3.27. The summed E-state index contributed by atoms with van der Waals surface area (Å²) < 4.78 is 21.3. The molecule has 2 heterocycles. The summed E-state index contributed by atoms with van der Waals surface area (Å²) in [7, 11) is 0. The third kappa shape index (κ3) is 5.26. The van der Waals surface area contributed by atoms with E-state index in [-0.39, 0.29) is 18.1 Å². The van der Waals surface area contributed by atoms with Gasteiger partial charge in [-0.15, -0.1) is 0 Å². The molecule has 0 aliphatic carbocycles. The number of carbonyl (C=O) groups is 2. The SMILES string of the molecule is O=C(O)COc1ccc(Cl)cc1[C@@H]1c2ccc(F)cc2CCN1C(=O)CCn1ncc2ccc(Cl)cc21. The number of ether oxygens (including phenoxy) is 1. The predicted octanol–water partition coefficient (Wildman–Crippen LogP) is 5.51. The van der Waals surface area contributed by atoms with Crippen molar-refractivity contribution in [3.05, 3.63) is 93.3 Å². The first kappa shape index (κ1) is 25.0. The fourth-order valence-electron chi connectivity index (χ4n) is 4.77. The van der Waals surface area contributed by atoms with Crippen molar-refractivity contribution in [1.82, 2.24) is 14.7 Å². The van der Waals surface area contributed by atoms with Crippen molar-refractivity contribution >= 4 is 46.0 Å². The Balaban J connectivity index is 1.49. The summed E-state index contributed by atoms with van der Waals surface area (Å²) in [5.74, 6) is -1.35. The summed E-state index contributed by atoms with van der Waals surface area (Å²) in [5.41, 5.74) is 2.87. The van der Waals surface area contributed by atoms with Crippen LogP contribution >= 0.6 is 23.2 Å². The van der Waals surface area contributed by atoms with Gasteiger partial charge in [-0.3, -0.25) is 9.48 Å². The molecule has 10 heteroatoms. The normalized spacial score (nSPS) is 15.0. The molecule has 0 saturated carbocycles. The van der Waals surface area contributed by atoms with Crippen LogP contribution in [0.15, 0.2) is 60.8 Å². The van der Waals surface area contributed by atoms with E-state index >= 15 is 0 Å². The molecule has 0 fully saturated rings. The number of aryl methyl sites for hydroxylation is 1. The molecule has 1 atom stereocenters. The molecule has 1 N–H and O–H groups in total. The second-order valence-corrected chi connectivity index (χ2v) is 9.64. The summed E-state index contributed by atoms with van der Waals surface area (Å²) in [6, 6.07) is 14.1. The standard InChI is InChI=1S/C27H22Cl2FN3O4/c28-18-3-6-24(37-15-26(35)36)22(12-18)27-21-5-4-20(30)11-16(21)7-9-32(27)25(34)8-10-33-23-13-19(29)2-1-17(23)14-31-33/h1-6,11-14,27H,7-10,15H2,(H,35,36)/t27-/m0/s1. The maximum atomic E-state index is 14.1. The molecular formula is C27H22Cl2FN3O4. The Morgan fingerprint density at radius 2 is 1.84 bits per heavy atom. The highest BCUT2D eigenvalue weighted by Crippen LogP contribution is 2.41. The van der Waals surface area contributed by atoms with E-state index in [1.165, 1.54) is 12.1 Å². The van der Waals surface area contributed by atoms with E-state index in [1.54, 1.807) is 52.2 Å². The summed E-state index contributed by atoms with van der Waals surface area (Å²) in [4.78, 5) is 26.5. The van der Waals surface area contributed by atoms with Crippen LogP contribution in [0.2, 0.25) is 10.0 Å². The Morgan fingerprint density at radius 1 is 1.05 bits per heavy atom. The van der Waals surface area contributed by atoms with Gasteiger partial charge in [0.2, 0.25) is 5.91 Å². The number of aromatic nitrogens is 2. The number of nitrogens with zero attached hydrogens (tertiary/aromatic N) is 3. The molecule has 1 aliphatic heterocycles. The van der Waals surface area contributed by atoms with Gasteiger partial charge >= 0.3 is 5.97 Å². The molecule has 1 amide bonds. The second kappa shape index (κ2) is 10.4. The minimum atomic E-state index is -1.13. The van der Waals surface area contributed by atoms with Crippen molar-refractivity contribution < 1.29 is 23.8 Å². The van der Waals surface area contributed by atoms with E-state index < -0.39 is 18.6 Å². The largest absolute Gasteiger partial charge is 0.482 e. The maximum absolute atomic E-state index is 14.1. The van der Waals surface area contributed by atoms with E-state index in [4.69, 9.17) is 33.0 Å². The summed E-state index contributed by atoms with van der Waals surface area (Å²) >= 11 is 12.5. The van der Waals surface area contributed by atoms with E-state index in [0.29, 0.717) is 40.9 Å². The van der Waals surface area contributed by atoms with Crippen LogP contribution in [0.3, 0.4) is 0 Å². The Morgan fingerprint density at radius 3 is 2.65 bits per heavy atom. The van der Waals surface area contributed by atoms with Gasteiger partial charge in [-0.25, -0.2) is 9.18 Å². The van der Waals surface area contributed by atoms with Crippen LogP contribution < -0.4 is 4.74 Å². The Bertz CT molecular complexity index is 1510. The van der Waals surface area contributed by atoms with Crippen LogP contribution in [0, 0.1) is 5.82 Å². The van der Waals surface area contributed by atoms with Crippen molar-refractivity contribution in [2.24, 2.45) is 0 Å². The zero-order valence-corrected chi connectivity index (χ0v) is 21.0. The van der Waals surface area contributed by atoms with E-state index in [0.717, 1.165) is 22.0 Å². The lowest BCUT2D eigenvalue weighted by Gasteiger charge is -2.38. The Hall–Kier alpha value is -3.62. The van der Waals surface area contributed by atoms with Crippen molar-refractivity contribution in [1.29, 1.82) is 0 Å². The quantitative estimate of drug-likeness (QED) is 0.333. The van der Waals surface area contributed by atoms with Gasteiger partial charge in [0.1, 0.15) is 11.6 Å². The number of carbonyl (C=O) groups excluding carboxylic acids is 1. The van der Waals surface area contributed by atoms with Crippen molar-refractivity contribution in [2.45, 2.75) is 25.4 Å². The molecule has 3 aromatic carbocycles. The third-order valence-corrected chi connectivity index (χ3v) is 6.89. The van der Waals surface area contributed by atoms with Gasteiger partial charge in [-0.05, 0) is 66.1 Å². The topological polar surface area (TPSA) is 84.7 Å². The Labute approximate surface area is 222 Å². The number of carboxylic acid groups (broad SMARTS) is 1. The van der Waals surface area contributed by atoms with Gasteiger partial charge in [0.15, 0.2) is 6.61 Å². The molecule has 0 bridgehead atoms. The van der Waals surface area contributed by atoms with E-state index in [9.17, 15) is 14.0 Å². The number of hydrogen-bond acceptors (Lipinski definition) is 4. The fraction of sp³-hybridized carbons (Fsp3) is 0.222. The molecule has 0 spiro atoms. The summed E-state index contributed by atoms with van der Waals surface area (Å²) in [5, 5.41) is 15.4. The highest BCUT2D eigenvalue weighted by molar-refractivity contribution is 6.31. The van der Waals surface area contributed by atoms with Crippen LogP contribution in [0.1, 0.15) is 29.2 Å². The second-order valence-electron chi connectivity index (χ2n) is 8.77. The summed E-state index contributed by atoms with van der Waals surface area (Å²) in [6.45, 7) is 0.122. The summed E-state index contributed by atoms with van der Waals surface area (Å²) in [6.07, 6.45) is 2.35. The van der Waals surface area contributed by atoms with Crippen LogP contribution in [-0.2, 0) is 22.6 Å². The molecular weight excluding hydrogens is 520 g/mol. The average molecular weight is 542 g/mol. The van der Waals surface area contributed by atoms with Crippen molar-refractivity contribution in [3.8, 4) is 5.75 Å². The molecule has 0 radical (unpaired) electrons. The van der Waals surface area contributed by atoms with Gasteiger partial charge in [-0.2, -0.15) is 5.10 Å². The monoisotopic (exact) mass is 541 g/mol. The minimum Gasteiger partial charge on any atom is -0.482 e. The molecule has 1 aromatic heterocycles. The lowest BCUT2D eigenvalue weighted by molar-refractivity contribution is -0.139. The fourth-order valence-corrected chi connectivity index (χ4v) is 5.12. The number of amides is 1. The highest BCUT2D eigenvalue weighted by atomic mass is 35.5. The molecule has 4 aromatic rings. The van der Waals surface area contributed by atoms with Gasteiger partial charge in [0.25, 0.3) is 0 Å². The molecule has 0 unspecified atom stereocenters. The number of benzene rings is 3. The first-order valence-corrected chi connectivity index (χ1v) is 12.4. The highest BCUT2D eigenvalue weighted by Gasteiger charge is 2.34. The number of fused-ring (bicyclic) bond motifs is 2. The number of aliphatic carboxylic acids is 1. The molecule has 1 aliphatic rings. The lowest BCUT2D eigenvalue weighted by atomic mass is 9.87. The van der Waals surface area contributed by atoms with Gasteiger partial charge in [-0.1, -0.05) is 29.3 Å². The number of halogens is 3. The van der Waals surface area contributed by atoms with Crippen LogP contribution in [-0.4, -0.2) is 44.8 Å². The molecule has 37 heavy (non-hydrogen) atoms. The van der Waals surface area contributed by atoms with Crippen molar-refractivity contribution in [3.63, 3.8) is 0 Å². The third-order valence-electron chi connectivity index (χ3n) is 6.42. The molecule has 7 nitrogen and oxygen atoms in total. The first-order chi connectivity index (χ1) is 17.8. The lowest BCUT2D eigenvalue weighted by Crippen LogP contribution is -2.41. The number of hydrogen-bond donors (Lipinski definition) is 1. The zero-order chi connectivity index (χ0) is 26.1. The molecule has 190 valence electrons. The van der Waals surface area contributed by atoms with Gasteiger partial charge < -0.3 is 14.7 Å². The Kier molecular flexibility index (Phi) is 7.04. The maximum Gasteiger partial charge on any atom is 0.341 e. The van der Waals surface area contributed by atoms with Crippen molar-refractivity contribution in [2.75, 3.05) is 13.2 Å². The molecule has 0 saturated heterocycles. The number of rotatable bonds is 7. The van der Waals surface area contributed by atoms with E-state index in [2.05, 4.69) is 5.10 Å². The van der Waals surface area contributed by atoms with Gasteiger partial charge in [0.05, 0.1) is 24.3 Å². The zero-order valence-electron chi connectivity index (χ0n) is 19.5. The van der Waals surface area contributed by atoms with Crippen LogP contribution in [0.4, 0.5) is 4.39 Å². The number of carboxylic acids is 1. The minimum absolute atomic E-state index is 0.144. The molecule has 5 rings (SSSR count).